The summed E-state index contributed by atoms with van der Waals surface area (Å²) in [5.41, 5.74) is 0. The van der Waals surface area contributed by atoms with Gasteiger partial charge in [-0.25, -0.2) is 0 Å². The van der Waals surface area contributed by atoms with Crippen molar-refractivity contribution in [3.05, 3.63) is 0 Å². The van der Waals surface area contributed by atoms with Gasteiger partial charge < -0.3 is 9.84 Å². The van der Waals surface area contributed by atoms with E-state index in [0.29, 0.717) is 13.0 Å². The molecule has 0 radical (unpaired) electrons. The largest absolute Gasteiger partial charge is 0.466 e. The van der Waals surface area contributed by atoms with Gasteiger partial charge >= 0.3 is 5.97 Å². The molecule has 0 aromatic rings. The number of aliphatic hydroxyl groups excluding tert-OH is 1. The average Bonchev–Trinajstić information content (AvgIpc) is 3.07. The van der Waals surface area contributed by atoms with Crippen molar-refractivity contribution in [3.8, 4) is 0 Å². The summed E-state index contributed by atoms with van der Waals surface area (Å²) in [5.74, 6) is 0.0210. The Morgan fingerprint density at radius 2 is 0.638 bits per heavy atom. The highest BCUT2D eigenvalue weighted by atomic mass is 16.5. The Morgan fingerprint density at radius 1 is 0.383 bits per heavy atom. The summed E-state index contributed by atoms with van der Waals surface area (Å²) >= 11 is 0. The predicted octanol–water partition coefficient (Wildman–Crippen LogP) is 15.4. The first-order valence-corrected chi connectivity index (χ1v) is 22.0. The maximum Gasteiger partial charge on any atom is 0.305 e. The fraction of sp³-hybridized carbons (Fsp3) is 0.977. The summed E-state index contributed by atoms with van der Waals surface area (Å²) in [6.45, 7) is 9.67. The summed E-state index contributed by atoms with van der Waals surface area (Å²) in [7, 11) is 0. The molecule has 0 saturated carbocycles. The molecule has 0 aliphatic carbocycles. The normalized spacial score (nSPS) is 11.8. The predicted molar refractivity (Wildman–Crippen MR) is 210 cm³/mol. The van der Waals surface area contributed by atoms with Crippen molar-refractivity contribution < 1.29 is 14.6 Å². The molecule has 0 rings (SSSR count). The third-order valence-electron chi connectivity index (χ3n) is 9.78. The number of hydrogen-bond donors (Lipinski definition) is 1. The third kappa shape index (κ3) is 47.6. The van der Waals surface area contributed by atoms with Crippen LogP contribution in [0.25, 0.3) is 0 Å². The first-order valence-electron chi connectivity index (χ1n) is 22.0. The standard InChI is InChI=1S/C28H56O2.C16H34O/c1-3-5-7-9-11-13-14-15-16-17-19-21-23-25-27-30-28(29)26-24-22-20-18-12-10-8-6-4-2;1-3-5-7-9-10-11-13-15-16(17)14-12-8-6-4-2/h3-27H2,1-2H3;16-17H,3-15H2,1-2H3. The number of rotatable bonds is 38. The van der Waals surface area contributed by atoms with E-state index in [0.717, 1.165) is 25.7 Å². The van der Waals surface area contributed by atoms with Crippen molar-refractivity contribution in [1.82, 2.24) is 0 Å². The first kappa shape index (κ1) is 48.5. The van der Waals surface area contributed by atoms with E-state index in [1.807, 2.05) is 0 Å². The summed E-state index contributed by atoms with van der Waals surface area (Å²) in [6.07, 6.45) is 47.9. The van der Waals surface area contributed by atoms with Crippen molar-refractivity contribution in [3.63, 3.8) is 0 Å². The van der Waals surface area contributed by atoms with Gasteiger partial charge in [-0.15, -0.1) is 0 Å². The fourth-order valence-corrected chi connectivity index (χ4v) is 6.42. The molecule has 0 bridgehead atoms. The van der Waals surface area contributed by atoms with Gasteiger partial charge in [0.15, 0.2) is 0 Å². The van der Waals surface area contributed by atoms with Gasteiger partial charge in [-0.2, -0.15) is 0 Å². The third-order valence-corrected chi connectivity index (χ3v) is 9.78. The van der Waals surface area contributed by atoms with Crippen molar-refractivity contribution in [2.45, 2.75) is 271 Å². The number of ether oxygens (including phenoxy) is 1. The lowest BCUT2D eigenvalue weighted by Gasteiger charge is -2.09. The minimum atomic E-state index is -0.0255. The maximum absolute atomic E-state index is 11.8. The topological polar surface area (TPSA) is 46.5 Å². The number of unbranched alkanes of at least 4 members (excludes halogenated alkanes) is 30. The van der Waals surface area contributed by atoms with Gasteiger partial charge in [0, 0.05) is 6.42 Å². The lowest BCUT2D eigenvalue weighted by atomic mass is 10.0. The van der Waals surface area contributed by atoms with E-state index in [-0.39, 0.29) is 12.1 Å². The van der Waals surface area contributed by atoms with Crippen molar-refractivity contribution in [2.24, 2.45) is 0 Å². The summed E-state index contributed by atoms with van der Waals surface area (Å²) in [5, 5.41) is 9.79. The molecular formula is C44H90O3. The molecule has 0 spiro atoms. The molecule has 0 heterocycles. The van der Waals surface area contributed by atoms with E-state index in [1.54, 1.807) is 0 Å². The Morgan fingerprint density at radius 3 is 0.979 bits per heavy atom. The monoisotopic (exact) mass is 667 g/mol. The molecule has 0 aromatic heterocycles. The molecule has 0 aliphatic heterocycles. The molecule has 0 aliphatic rings. The van der Waals surface area contributed by atoms with Crippen LogP contribution in [0.15, 0.2) is 0 Å². The molecule has 284 valence electrons. The molecule has 3 heteroatoms. The highest BCUT2D eigenvalue weighted by Gasteiger charge is 2.04. The Bertz CT molecular complexity index is 548. The highest BCUT2D eigenvalue weighted by Crippen LogP contribution is 2.15. The second-order valence-corrected chi connectivity index (χ2v) is 14.8. The van der Waals surface area contributed by atoms with E-state index < -0.39 is 0 Å². The molecule has 47 heavy (non-hydrogen) atoms. The summed E-state index contributed by atoms with van der Waals surface area (Å²) in [4.78, 5) is 11.8. The Kier molecular flexibility index (Phi) is 46.9. The van der Waals surface area contributed by atoms with Crippen LogP contribution >= 0.6 is 0 Å². The Hall–Kier alpha value is -0.570. The summed E-state index contributed by atoms with van der Waals surface area (Å²) in [6, 6.07) is 0. The lowest BCUT2D eigenvalue weighted by molar-refractivity contribution is -0.143. The van der Waals surface area contributed by atoms with E-state index in [9.17, 15) is 9.90 Å². The minimum Gasteiger partial charge on any atom is -0.466 e. The van der Waals surface area contributed by atoms with Gasteiger partial charge in [-0.3, -0.25) is 4.79 Å². The van der Waals surface area contributed by atoms with E-state index >= 15 is 0 Å². The lowest BCUT2D eigenvalue weighted by Crippen LogP contribution is -2.05. The fourth-order valence-electron chi connectivity index (χ4n) is 6.42. The first-order chi connectivity index (χ1) is 23.1. The molecule has 0 fully saturated rings. The average molecular weight is 667 g/mol. The van der Waals surface area contributed by atoms with E-state index in [2.05, 4.69) is 27.7 Å². The van der Waals surface area contributed by atoms with Crippen LogP contribution in [0.1, 0.15) is 265 Å². The van der Waals surface area contributed by atoms with Crippen molar-refractivity contribution in [1.29, 1.82) is 0 Å². The Balaban J connectivity index is 0. The van der Waals surface area contributed by atoms with Gasteiger partial charge in [-0.1, -0.05) is 233 Å². The van der Waals surface area contributed by atoms with Crippen LogP contribution in [0.3, 0.4) is 0 Å². The number of carbonyl (C=O) groups is 1. The number of aliphatic hydroxyl groups is 1. The molecule has 0 saturated heterocycles. The smallest absolute Gasteiger partial charge is 0.305 e. The number of esters is 1. The zero-order chi connectivity index (χ0) is 34.7. The second-order valence-electron chi connectivity index (χ2n) is 14.8. The minimum absolute atomic E-state index is 0.0210. The van der Waals surface area contributed by atoms with Crippen LogP contribution in [-0.4, -0.2) is 23.8 Å². The molecule has 1 atom stereocenters. The van der Waals surface area contributed by atoms with E-state index in [1.165, 1.54) is 205 Å². The quantitative estimate of drug-likeness (QED) is 0.0527. The molecule has 0 aromatic carbocycles. The zero-order valence-electron chi connectivity index (χ0n) is 33.2. The van der Waals surface area contributed by atoms with Gasteiger partial charge in [-0.05, 0) is 25.7 Å². The van der Waals surface area contributed by atoms with Gasteiger partial charge in [0.2, 0.25) is 0 Å². The number of hydrogen-bond acceptors (Lipinski definition) is 3. The molecule has 1 unspecified atom stereocenters. The van der Waals surface area contributed by atoms with Gasteiger partial charge in [0.05, 0.1) is 12.7 Å². The van der Waals surface area contributed by atoms with Crippen LogP contribution in [0.2, 0.25) is 0 Å². The van der Waals surface area contributed by atoms with Crippen molar-refractivity contribution >= 4 is 5.97 Å². The van der Waals surface area contributed by atoms with Gasteiger partial charge in [0.25, 0.3) is 0 Å². The molecule has 1 N–H and O–H groups in total. The number of carbonyl (C=O) groups excluding carboxylic acids is 1. The maximum atomic E-state index is 11.8. The van der Waals surface area contributed by atoms with Crippen molar-refractivity contribution in [2.75, 3.05) is 6.61 Å². The van der Waals surface area contributed by atoms with E-state index in [4.69, 9.17) is 4.74 Å². The molecule has 3 nitrogen and oxygen atoms in total. The van der Waals surface area contributed by atoms with Crippen LogP contribution in [0.5, 0.6) is 0 Å². The highest BCUT2D eigenvalue weighted by molar-refractivity contribution is 5.69. The van der Waals surface area contributed by atoms with Crippen LogP contribution < -0.4 is 0 Å². The SMILES string of the molecule is CCCCCCCCCC(O)CCCCCC.CCCCCCCCCCCCCCCCOC(=O)CCCCCCCCCCC. The van der Waals surface area contributed by atoms with Crippen LogP contribution in [0, 0.1) is 0 Å². The second kappa shape index (κ2) is 45.4. The Labute approximate surface area is 298 Å². The molecular weight excluding hydrogens is 576 g/mol. The zero-order valence-corrected chi connectivity index (χ0v) is 33.2. The van der Waals surface area contributed by atoms with Crippen LogP contribution in [0.4, 0.5) is 0 Å². The van der Waals surface area contributed by atoms with Gasteiger partial charge in [0.1, 0.15) is 0 Å². The molecule has 0 amide bonds. The summed E-state index contributed by atoms with van der Waals surface area (Å²) < 4.78 is 5.38. The van der Waals surface area contributed by atoms with Crippen LogP contribution in [-0.2, 0) is 9.53 Å².